The van der Waals surface area contributed by atoms with Gasteiger partial charge in [0.2, 0.25) is 5.91 Å². The van der Waals surface area contributed by atoms with Gasteiger partial charge in [-0.25, -0.2) is 9.97 Å². The van der Waals surface area contributed by atoms with Gasteiger partial charge in [0.05, 0.1) is 5.39 Å². The molecule has 1 saturated heterocycles. The summed E-state index contributed by atoms with van der Waals surface area (Å²) in [7, 11) is 0. The van der Waals surface area contributed by atoms with E-state index in [0.717, 1.165) is 47.9 Å². The number of aromatic nitrogens is 2. The van der Waals surface area contributed by atoms with E-state index < -0.39 is 0 Å². The summed E-state index contributed by atoms with van der Waals surface area (Å²) in [5.74, 6) is 0.336. The first-order valence-corrected chi connectivity index (χ1v) is 12.6. The summed E-state index contributed by atoms with van der Waals surface area (Å²) in [5, 5.41) is 1.12. The average molecular weight is 481 g/mol. The van der Waals surface area contributed by atoms with Crippen molar-refractivity contribution in [1.29, 1.82) is 0 Å². The first-order chi connectivity index (χ1) is 16.4. The van der Waals surface area contributed by atoms with Crippen LogP contribution in [0.4, 0.5) is 11.5 Å². The molecular formula is C25H32N6O2S. The first kappa shape index (κ1) is 23.9. The number of thiophene rings is 1. The van der Waals surface area contributed by atoms with E-state index in [1.807, 2.05) is 12.1 Å². The van der Waals surface area contributed by atoms with E-state index in [9.17, 15) is 9.59 Å². The molecule has 180 valence electrons. The Morgan fingerprint density at radius 3 is 2.38 bits per heavy atom. The molecule has 2 N–H and O–H groups in total. The molecule has 0 atom stereocenters. The third kappa shape index (κ3) is 4.84. The van der Waals surface area contributed by atoms with Crippen molar-refractivity contribution in [1.82, 2.24) is 20.8 Å². The average Bonchev–Trinajstić information content (AvgIpc) is 3.17. The molecule has 3 aromatic rings. The van der Waals surface area contributed by atoms with Crippen LogP contribution in [0.1, 0.15) is 47.5 Å². The van der Waals surface area contributed by atoms with E-state index >= 15 is 0 Å². The van der Waals surface area contributed by atoms with E-state index in [4.69, 9.17) is 0 Å². The number of benzene rings is 1. The molecule has 2 aromatic heterocycles. The van der Waals surface area contributed by atoms with Gasteiger partial charge >= 0.3 is 0 Å². The lowest BCUT2D eigenvalue weighted by atomic mass is 9.96. The number of aryl methyl sites for hydroxylation is 2. The van der Waals surface area contributed by atoms with Crippen LogP contribution in [0, 0.1) is 19.8 Å². The van der Waals surface area contributed by atoms with E-state index in [1.54, 1.807) is 29.8 Å². The molecule has 0 radical (unpaired) electrons. The second kappa shape index (κ2) is 10.4. The molecule has 0 bridgehead atoms. The number of nitrogens with one attached hydrogen (secondary N) is 2. The summed E-state index contributed by atoms with van der Waals surface area (Å²) < 4.78 is 0. The summed E-state index contributed by atoms with van der Waals surface area (Å²) in [5.41, 5.74) is 8.00. The molecule has 2 amide bonds. The minimum Gasteiger partial charge on any atom is -0.372 e. The van der Waals surface area contributed by atoms with Gasteiger partial charge in [-0.05, 0) is 70.4 Å². The Morgan fingerprint density at radius 2 is 1.74 bits per heavy atom. The van der Waals surface area contributed by atoms with Crippen molar-refractivity contribution in [3.8, 4) is 0 Å². The zero-order chi connectivity index (χ0) is 24.2. The largest absolute Gasteiger partial charge is 0.372 e. The molecule has 0 unspecified atom stereocenters. The minimum absolute atomic E-state index is 0.149. The van der Waals surface area contributed by atoms with Gasteiger partial charge in [-0.3, -0.25) is 20.4 Å². The minimum atomic E-state index is -0.316. The van der Waals surface area contributed by atoms with Gasteiger partial charge in [0.1, 0.15) is 17.0 Å². The van der Waals surface area contributed by atoms with E-state index in [2.05, 4.69) is 58.3 Å². The quantitative estimate of drug-likeness (QED) is 0.521. The van der Waals surface area contributed by atoms with Gasteiger partial charge in [-0.1, -0.05) is 0 Å². The predicted octanol–water partition coefficient (Wildman–Crippen LogP) is 3.83. The molecule has 0 spiro atoms. The molecule has 8 nitrogen and oxygen atoms in total. The first-order valence-electron chi connectivity index (χ1n) is 11.8. The van der Waals surface area contributed by atoms with Crippen molar-refractivity contribution in [2.75, 3.05) is 36.0 Å². The van der Waals surface area contributed by atoms with E-state index in [-0.39, 0.29) is 17.7 Å². The number of carbonyl (C=O) groups is 2. The second-order valence-corrected chi connectivity index (χ2v) is 9.79. The maximum Gasteiger partial charge on any atom is 0.269 e. The predicted molar refractivity (Wildman–Crippen MR) is 137 cm³/mol. The summed E-state index contributed by atoms with van der Waals surface area (Å²) in [6.07, 6.45) is 3.03. The molecule has 1 aromatic carbocycles. The highest BCUT2D eigenvalue weighted by Gasteiger charge is 2.27. The number of hydrogen-bond acceptors (Lipinski definition) is 7. The summed E-state index contributed by atoms with van der Waals surface area (Å²) in [6, 6.07) is 7.43. The van der Waals surface area contributed by atoms with Crippen molar-refractivity contribution >= 4 is 44.9 Å². The van der Waals surface area contributed by atoms with E-state index in [0.29, 0.717) is 18.4 Å². The Labute approximate surface area is 204 Å². The van der Waals surface area contributed by atoms with Gasteiger partial charge in [0.25, 0.3) is 5.91 Å². The highest BCUT2D eigenvalue weighted by atomic mass is 32.1. The van der Waals surface area contributed by atoms with Gasteiger partial charge in [0.15, 0.2) is 0 Å². The maximum absolute atomic E-state index is 12.7. The molecule has 0 aliphatic carbocycles. The third-order valence-electron chi connectivity index (χ3n) is 6.67. The highest BCUT2D eigenvalue weighted by Crippen LogP contribution is 2.35. The number of amides is 2. The Bertz CT molecular complexity index is 1160. The van der Waals surface area contributed by atoms with Crippen LogP contribution in [0.5, 0.6) is 0 Å². The standard InChI is InChI=1S/C25H32N6O2S/c1-5-30(6-2)20-9-7-18(8-10-20)23(32)28-29-24(33)19-11-13-31(14-12-19)22-21-16(3)17(4)34-25(21)27-15-26-22/h7-10,15,19H,5-6,11-14H2,1-4H3,(H,28,32)(H,29,33). The molecule has 4 rings (SSSR count). The molecule has 9 heteroatoms. The Morgan fingerprint density at radius 1 is 1.06 bits per heavy atom. The van der Waals surface area contributed by atoms with Crippen molar-refractivity contribution in [2.24, 2.45) is 5.92 Å². The molecule has 1 aliphatic heterocycles. The number of carbonyl (C=O) groups excluding carboxylic acids is 2. The van der Waals surface area contributed by atoms with Crippen LogP contribution in [0.25, 0.3) is 10.2 Å². The van der Waals surface area contributed by atoms with Gasteiger partial charge < -0.3 is 9.80 Å². The van der Waals surface area contributed by atoms with Crippen LogP contribution in [0.3, 0.4) is 0 Å². The van der Waals surface area contributed by atoms with Crippen molar-refractivity contribution < 1.29 is 9.59 Å². The fourth-order valence-corrected chi connectivity index (χ4v) is 5.45. The zero-order valence-electron chi connectivity index (χ0n) is 20.2. The smallest absolute Gasteiger partial charge is 0.269 e. The number of piperidine rings is 1. The molecule has 3 heterocycles. The number of hydrogen-bond donors (Lipinski definition) is 2. The number of rotatable bonds is 6. The summed E-state index contributed by atoms with van der Waals surface area (Å²) in [6.45, 7) is 11.7. The summed E-state index contributed by atoms with van der Waals surface area (Å²) in [4.78, 5) is 40.9. The van der Waals surface area contributed by atoms with Crippen molar-refractivity contribution in [3.63, 3.8) is 0 Å². The van der Waals surface area contributed by atoms with Crippen LogP contribution >= 0.6 is 11.3 Å². The Balaban J connectivity index is 1.31. The Kier molecular flexibility index (Phi) is 7.31. The lowest BCUT2D eigenvalue weighted by Gasteiger charge is -2.32. The fraction of sp³-hybridized carbons (Fsp3) is 0.440. The van der Waals surface area contributed by atoms with Crippen LogP contribution in [0.2, 0.25) is 0 Å². The van der Waals surface area contributed by atoms with Gasteiger partial charge in [-0.15, -0.1) is 11.3 Å². The van der Waals surface area contributed by atoms with E-state index in [1.165, 1.54) is 10.4 Å². The number of anilines is 2. The topological polar surface area (TPSA) is 90.5 Å². The maximum atomic E-state index is 12.7. The van der Waals surface area contributed by atoms with Crippen LogP contribution in [0.15, 0.2) is 30.6 Å². The number of nitrogens with zero attached hydrogens (tertiary/aromatic N) is 4. The van der Waals surface area contributed by atoms with Crippen LogP contribution in [-0.4, -0.2) is 48.0 Å². The summed E-state index contributed by atoms with van der Waals surface area (Å²) >= 11 is 1.69. The molecule has 1 fully saturated rings. The number of hydrazine groups is 1. The highest BCUT2D eigenvalue weighted by molar-refractivity contribution is 7.18. The van der Waals surface area contributed by atoms with Gasteiger partial charge in [-0.2, -0.15) is 0 Å². The normalized spacial score (nSPS) is 14.3. The lowest BCUT2D eigenvalue weighted by Crippen LogP contribution is -2.47. The Hall–Kier alpha value is -3.20. The zero-order valence-corrected chi connectivity index (χ0v) is 21.0. The molecule has 0 saturated carbocycles. The van der Waals surface area contributed by atoms with Crippen LogP contribution in [-0.2, 0) is 4.79 Å². The lowest BCUT2D eigenvalue weighted by molar-refractivity contribution is -0.126. The third-order valence-corrected chi connectivity index (χ3v) is 7.78. The molecule has 1 aliphatic rings. The number of fused-ring (bicyclic) bond motifs is 1. The van der Waals surface area contributed by atoms with Crippen LogP contribution < -0.4 is 20.7 Å². The second-order valence-electron chi connectivity index (χ2n) is 8.58. The molecular weight excluding hydrogens is 448 g/mol. The molecule has 34 heavy (non-hydrogen) atoms. The SMILES string of the molecule is CCN(CC)c1ccc(C(=O)NNC(=O)C2CCN(c3ncnc4sc(C)c(C)c34)CC2)cc1. The van der Waals surface area contributed by atoms with Crippen molar-refractivity contribution in [3.05, 3.63) is 46.6 Å². The van der Waals surface area contributed by atoms with Gasteiger partial charge in [0, 0.05) is 48.2 Å². The van der Waals surface area contributed by atoms with Crippen molar-refractivity contribution in [2.45, 2.75) is 40.5 Å². The monoisotopic (exact) mass is 480 g/mol. The fourth-order valence-electron chi connectivity index (χ4n) is 4.46.